The van der Waals surface area contributed by atoms with Gasteiger partial charge in [-0.1, -0.05) is 19.0 Å². The van der Waals surface area contributed by atoms with Crippen LogP contribution in [0.4, 0.5) is 13.2 Å². The molecule has 1 aromatic carbocycles. The van der Waals surface area contributed by atoms with Crippen molar-refractivity contribution in [1.82, 2.24) is 15.1 Å². The van der Waals surface area contributed by atoms with Crippen molar-refractivity contribution in [3.05, 3.63) is 52.4 Å². The van der Waals surface area contributed by atoms with E-state index in [0.29, 0.717) is 11.3 Å². The lowest BCUT2D eigenvalue weighted by Gasteiger charge is -2.08. The highest BCUT2D eigenvalue weighted by atomic mass is 19.4. The van der Waals surface area contributed by atoms with Gasteiger partial charge < -0.3 is 14.2 Å². The lowest BCUT2D eigenvalue weighted by Crippen LogP contribution is -2.16. The number of rotatable bonds is 3. The first kappa shape index (κ1) is 19.2. The van der Waals surface area contributed by atoms with E-state index < -0.39 is 6.36 Å². The van der Waals surface area contributed by atoms with Gasteiger partial charge in [-0.15, -0.1) is 13.2 Å². The number of H-pyrrole nitrogens is 1. The first-order chi connectivity index (χ1) is 12.3. The number of aryl methyl sites for hydroxylation is 1. The van der Waals surface area contributed by atoms with E-state index in [-0.39, 0.29) is 28.6 Å². The van der Waals surface area contributed by atoms with E-state index in [1.807, 2.05) is 13.8 Å². The molecule has 0 aliphatic carbocycles. The van der Waals surface area contributed by atoms with Crippen molar-refractivity contribution in [3.63, 3.8) is 0 Å². The minimum Gasteiger partial charge on any atom is -0.406 e. The SMILES string of the molecule is CC.Cc1ccc(-c2nc(-c3ccc(OC(F)(F)F)cc3)no2)c(=O)[nH]1. The average molecular weight is 367 g/mol. The van der Waals surface area contributed by atoms with Crippen molar-refractivity contribution in [2.45, 2.75) is 27.1 Å². The molecule has 3 aromatic rings. The number of alkyl halides is 3. The van der Waals surface area contributed by atoms with Gasteiger partial charge >= 0.3 is 6.36 Å². The molecule has 0 saturated heterocycles. The van der Waals surface area contributed by atoms with Crippen LogP contribution in [0, 0.1) is 6.92 Å². The van der Waals surface area contributed by atoms with E-state index in [1.165, 1.54) is 12.1 Å². The summed E-state index contributed by atoms with van der Waals surface area (Å²) in [5.74, 6) is -0.199. The van der Waals surface area contributed by atoms with Gasteiger partial charge in [0.15, 0.2) is 0 Å². The van der Waals surface area contributed by atoms with Gasteiger partial charge in [0, 0.05) is 11.3 Å². The molecule has 6 nitrogen and oxygen atoms in total. The first-order valence-electron chi connectivity index (χ1n) is 7.72. The number of benzene rings is 1. The predicted molar refractivity (Wildman–Crippen MR) is 88.6 cm³/mol. The number of hydrogen-bond acceptors (Lipinski definition) is 5. The molecule has 0 aliphatic heterocycles. The van der Waals surface area contributed by atoms with Gasteiger partial charge in [-0.3, -0.25) is 4.79 Å². The summed E-state index contributed by atoms with van der Waals surface area (Å²) in [4.78, 5) is 18.6. The molecule has 0 bridgehead atoms. The fraction of sp³-hybridized carbons (Fsp3) is 0.235. The van der Waals surface area contributed by atoms with Crippen molar-refractivity contribution in [1.29, 1.82) is 0 Å². The van der Waals surface area contributed by atoms with Crippen molar-refractivity contribution in [2.24, 2.45) is 0 Å². The Labute approximate surface area is 146 Å². The Morgan fingerprint density at radius 1 is 1.08 bits per heavy atom. The standard InChI is InChI=1S/C15H10F3N3O3.C2H6/c1-8-2-7-11(13(22)19-8)14-20-12(21-24-14)9-3-5-10(6-4-9)23-15(16,17)18;1-2/h2-7H,1H3,(H,19,22);1-2H3. The predicted octanol–water partition coefficient (Wildman–Crippen LogP) is 4.33. The van der Waals surface area contributed by atoms with E-state index in [0.717, 1.165) is 12.1 Å². The van der Waals surface area contributed by atoms with Crippen LogP contribution in [0.5, 0.6) is 5.75 Å². The Morgan fingerprint density at radius 2 is 1.73 bits per heavy atom. The van der Waals surface area contributed by atoms with E-state index in [2.05, 4.69) is 19.9 Å². The maximum Gasteiger partial charge on any atom is 0.573 e. The fourth-order valence-electron chi connectivity index (χ4n) is 2.00. The topological polar surface area (TPSA) is 81.0 Å². The monoisotopic (exact) mass is 367 g/mol. The molecule has 138 valence electrons. The molecular formula is C17H16F3N3O3. The molecule has 0 fully saturated rings. The van der Waals surface area contributed by atoms with Crippen molar-refractivity contribution >= 4 is 0 Å². The number of ether oxygens (including phenoxy) is 1. The molecule has 0 unspecified atom stereocenters. The van der Waals surface area contributed by atoms with Gasteiger partial charge in [0.25, 0.3) is 11.4 Å². The van der Waals surface area contributed by atoms with Crippen LogP contribution >= 0.6 is 0 Å². The van der Waals surface area contributed by atoms with Crippen LogP contribution in [0.3, 0.4) is 0 Å². The van der Waals surface area contributed by atoms with Crippen molar-refractivity contribution in [3.8, 4) is 28.6 Å². The van der Waals surface area contributed by atoms with Crippen LogP contribution in [0.25, 0.3) is 22.8 Å². The zero-order valence-corrected chi connectivity index (χ0v) is 14.2. The molecule has 0 saturated carbocycles. The maximum atomic E-state index is 12.1. The highest BCUT2D eigenvalue weighted by Crippen LogP contribution is 2.26. The van der Waals surface area contributed by atoms with E-state index in [1.54, 1.807) is 19.1 Å². The van der Waals surface area contributed by atoms with E-state index in [9.17, 15) is 18.0 Å². The largest absolute Gasteiger partial charge is 0.573 e. The second kappa shape index (κ2) is 7.85. The van der Waals surface area contributed by atoms with Crippen molar-refractivity contribution in [2.75, 3.05) is 0 Å². The van der Waals surface area contributed by atoms with E-state index >= 15 is 0 Å². The Kier molecular flexibility index (Phi) is 5.81. The molecule has 0 amide bonds. The van der Waals surface area contributed by atoms with E-state index in [4.69, 9.17) is 4.52 Å². The van der Waals surface area contributed by atoms with Gasteiger partial charge in [0.2, 0.25) is 5.82 Å². The Balaban J connectivity index is 0.00000117. The molecule has 0 atom stereocenters. The lowest BCUT2D eigenvalue weighted by molar-refractivity contribution is -0.274. The Hall–Kier alpha value is -3.10. The van der Waals surface area contributed by atoms with Crippen LogP contribution in [0.1, 0.15) is 19.5 Å². The quantitative estimate of drug-likeness (QED) is 0.745. The van der Waals surface area contributed by atoms with Crippen LogP contribution in [0.15, 0.2) is 45.7 Å². The first-order valence-corrected chi connectivity index (χ1v) is 7.72. The summed E-state index contributed by atoms with van der Waals surface area (Å²) in [7, 11) is 0. The fourth-order valence-corrected chi connectivity index (χ4v) is 2.00. The van der Waals surface area contributed by atoms with Gasteiger partial charge in [0.05, 0.1) is 0 Å². The number of aromatic nitrogens is 3. The number of pyridine rings is 1. The summed E-state index contributed by atoms with van der Waals surface area (Å²) in [6, 6.07) is 8.22. The molecule has 3 rings (SSSR count). The Morgan fingerprint density at radius 3 is 2.31 bits per heavy atom. The summed E-state index contributed by atoms with van der Waals surface area (Å²) in [5, 5.41) is 3.73. The molecule has 9 heteroatoms. The molecule has 0 aliphatic rings. The summed E-state index contributed by atoms with van der Waals surface area (Å²) >= 11 is 0. The minimum absolute atomic E-state index is 0.0156. The van der Waals surface area contributed by atoms with Gasteiger partial charge in [-0.25, -0.2) is 0 Å². The summed E-state index contributed by atoms with van der Waals surface area (Å²) in [5.41, 5.74) is 0.933. The van der Waals surface area contributed by atoms with Gasteiger partial charge in [-0.05, 0) is 43.3 Å². The normalized spacial score (nSPS) is 10.8. The average Bonchev–Trinajstić information content (AvgIpc) is 3.05. The third-order valence-corrected chi connectivity index (χ3v) is 3.06. The second-order valence-electron chi connectivity index (χ2n) is 4.88. The summed E-state index contributed by atoms with van der Waals surface area (Å²) in [6.45, 7) is 5.73. The Bertz CT molecular complexity index is 915. The number of aromatic amines is 1. The van der Waals surface area contributed by atoms with Crippen LogP contribution in [-0.2, 0) is 0 Å². The number of halogens is 3. The zero-order valence-electron chi connectivity index (χ0n) is 14.2. The summed E-state index contributed by atoms with van der Waals surface area (Å²) in [6.07, 6.45) is -4.76. The number of nitrogens with one attached hydrogen (secondary N) is 1. The molecule has 26 heavy (non-hydrogen) atoms. The van der Waals surface area contributed by atoms with Crippen LogP contribution in [0.2, 0.25) is 0 Å². The van der Waals surface area contributed by atoms with Gasteiger partial charge in [-0.2, -0.15) is 4.98 Å². The van der Waals surface area contributed by atoms with Gasteiger partial charge in [0.1, 0.15) is 11.3 Å². The maximum absolute atomic E-state index is 12.1. The van der Waals surface area contributed by atoms with Crippen LogP contribution < -0.4 is 10.3 Å². The smallest absolute Gasteiger partial charge is 0.406 e. The lowest BCUT2D eigenvalue weighted by atomic mass is 10.2. The molecule has 0 spiro atoms. The highest BCUT2D eigenvalue weighted by molar-refractivity contribution is 5.59. The minimum atomic E-state index is -4.76. The number of hydrogen-bond donors (Lipinski definition) is 1. The molecule has 2 aromatic heterocycles. The second-order valence-corrected chi connectivity index (χ2v) is 4.88. The zero-order chi connectivity index (χ0) is 19.3. The third kappa shape index (κ3) is 4.71. The molecule has 0 radical (unpaired) electrons. The van der Waals surface area contributed by atoms with Crippen molar-refractivity contribution < 1.29 is 22.4 Å². The molecule has 2 heterocycles. The molecule has 1 N–H and O–H groups in total. The third-order valence-electron chi connectivity index (χ3n) is 3.06. The highest BCUT2D eigenvalue weighted by Gasteiger charge is 2.31. The molecular weight excluding hydrogens is 351 g/mol. The van der Waals surface area contributed by atoms with Crippen LogP contribution in [-0.4, -0.2) is 21.5 Å². The summed E-state index contributed by atoms with van der Waals surface area (Å²) < 4.78 is 45.2. The number of nitrogens with zero attached hydrogens (tertiary/aromatic N) is 2.